The van der Waals surface area contributed by atoms with Crippen LogP contribution in [-0.4, -0.2) is 66.8 Å². The molecule has 0 spiro atoms. The Balaban J connectivity index is 1.31. The number of hydrogen-bond donors (Lipinski definition) is 0. The number of likely N-dealkylation sites (N-methyl/N-ethyl adjacent to an activating group) is 1. The Morgan fingerprint density at radius 2 is 2.00 bits per heavy atom. The zero-order valence-electron chi connectivity index (χ0n) is 15.0. The highest BCUT2D eigenvalue weighted by molar-refractivity contribution is 7.99. The maximum Gasteiger partial charge on any atom is 0.227 e. The lowest BCUT2D eigenvalue weighted by Crippen LogP contribution is -2.45. The molecule has 140 valence electrons. The van der Waals surface area contributed by atoms with E-state index in [0.717, 1.165) is 29.2 Å². The topological polar surface area (TPSA) is 59.1 Å². The SMILES string of the molecule is CN1C(=O)C2CCC1CN(C(=O)CCSc1ccc3c(c1)OCCO3)C2. The van der Waals surface area contributed by atoms with Crippen LogP contribution in [0.15, 0.2) is 23.1 Å². The van der Waals surface area contributed by atoms with Crippen molar-refractivity contribution in [1.29, 1.82) is 0 Å². The second kappa shape index (κ2) is 7.39. The predicted molar refractivity (Wildman–Crippen MR) is 98.6 cm³/mol. The van der Waals surface area contributed by atoms with Gasteiger partial charge >= 0.3 is 0 Å². The number of rotatable bonds is 4. The van der Waals surface area contributed by atoms with E-state index >= 15 is 0 Å². The van der Waals surface area contributed by atoms with Gasteiger partial charge in [0.1, 0.15) is 13.2 Å². The van der Waals surface area contributed by atoms with Gasteiger partial charge in [0.25, 0.3) is 0 Å². The molecule has 5 rings (SSSR count). The van der Waals surface area contributed by atoms with Crippen molar-refractivity contribution in [3.63, 3.8) is 0 Å². The van der Waals surface area contributed by atoms with E-state index in [-0.39, 0.29) is 23.8 Å². The summed E-state index contributed by atoms with van der Waals surface area (Å²) < 4.78 is 11.1. The fourth-order valence-corrected chi connectivity index (χ4v) is 4.76. The van der Waals surface area contributed by atoms with Crippen molar-refractivity contribution in [2.24, 2.45) is 5.92 Å². The third kappa shape index (κ3) is 3.49. The highest BCUT2D eigenvalue weighted by Crippen LogP contribution is 2.34. The first-order valence-electron chi connectivity index (χ1n) is 9.18. The van der Waals surface area contributed by atoms with Gasteiger partial charge in [0.05, 0.1) is 5.92 Å². The van der Waals surface area contributed by atoms with E-state index in [0.29, 0.717) is 38.5 Å². The minimum absolute atomic E-state index is 0.0202. The monoisotopic (exact) mass is 376 g/mol. The van der Waals surface area contributed by atoms with E-state index in [2.05, 4.69) is 0 Å². The number of hydrogen-bond acceptors (Lipinski definition) is 5. The summed E-state index contributed by atoms with van der Waals surface area (Å²) in [5.41, 5.74) is 0. The summed E-state index contributed by atoms with van der Waals surface area (Å²) in [4.78, 5) is 29.7. The first kappa shape index (κ1) is 17.5. The molecule has 26 heavy (non-hydrogen) atoms. The van der Waals surface area contributed by atoms with Crippen molar-refractivity contribution < 1.29 is 19.1 Å². The average Bonchev–Trinajstić information content (AvgIpc) is 2.95. The molecule has 4 heterocycles. The Labute approximate surface area is 157 Å². The van der Waals surface area contributed by atoms with Crippen LogP contribution in [0.3, 0.4) is 0 Å². The highest BCUT2D eigenvalue weighted by atomic mass is 32.2. The van der Waals surface area contributed by atoms with E-state index in [9.17, 15) is 9.59 Å². The summed E-state index contributed by atoms with van der Waals surface area (Å²) in [6.45, 7) is 2.41. The third-order valence-electron chi connectivity index (χ3n) is 5.42. The van der Waals surface area contributed by atoms with Crippen LogP contribution < -0.4 is 9.47 Å². The van der Waals surface area contributed by atoms with Crippen LogP contribution in [0.1, 0.15) is 19.3 Å². The van der Waals surface area contributed by atoms with Crippen molar-refractivity contribution in [1.82, 2.24) is 9.80 Å². The van der Waals surface area contributed by atoms with E-state index in [1.54, 1.807) is 11.8 Å². The molecule has 3 saturated heterocycles. The van der Waals surface area contributed by atoms with Crippen molar-refractivity contribution >= 4 is 23.6 Å². The van der Waals surface area contributed by atoms with Gasteiger partial charge < -0.3 is 19.3 Å². The molecular formula is C19H24N2O4S. The standard InChI is InChI=1S/C19H24N2O4S/c1-20-14-3-2-13(19(20)23)11-21(12-14)18(22)6-9-26-15-4-5-16-17(10-15)25-8-7-24-16/h4-5,10,13-14H,2-3,6-9,11-12H2,1H3. The summed E-state index contributed by atoms with van der Waals surface area (Å²) in [6.07, 6.45) is 2.39. The minimum atomic E-state index is -0.0202. The molecule has 2 unspecified atom stereocenters. The fraction of sp³-hybridized carbons (Fsp3) is 0.579. The molecule has 2 bridgehead atoms. The number of thioether (sulfide) groups is 1. The molecule has 2 atom stereocenters. The fourth-order valence-electron chi connectivity index (χ4n) is 3.89. The van der Waals surface area contributed by atoms with Crippen molar-refractivity contribution in [2.45, 2.75) is 30.2 Å². The number of ether oxygens (including phenoxy) is 2. The Hall–Kier alpha value is -1.89. The van der Waals surface area contributed by atoms with E-state index in [1.807, 2.05) is 35.0 Å². The maximum absolute atomic E-state index is 12.6. The number of carbonyl (C=O) groups excluding carboxylic acids is 2. The van der Waals surface area contributed by atoms with Gasteiger partial charge in [-0.2, -0.15) is 0 Å². The predicted octanol–water partition coefficient (Wildman–Crippen LogP) is 2.02. The smallest absolute Gasteiger partial charge is 0.227 e. The van der Waals surface area contributed by atoms with Gasteiger partial charge in [0.15, 0.2) is 11.5 Å². The first-order chi connectivity index (χ1) is 12.6. The van der Waals surface area contributed by atoms with Gasteiger partial charge in [-0.05, 0) is 31.0 Å². The zero-order valence-corrected chi connectivity index (χ0v) is 15.8. The van der Waals surface area contributed by atoms with E-state index in [1.165, 1.54) is 0 Å². The summed E-state index contributed by atoms with van der Waals surface area (Å²) >= 11 is 1.65. The lowest BCUT2D eigenvalue weighted by atomic mass is 9.95. The van der Waals surface area contributed by atoms with Crippen LogP contribution in [0.4, 0.5) is 0 Å². The Kier molecular flexibility index (Phi) is 4.98. The molecule has 0 radical (unpaired) electrons. The summed E-state index contributed by atoms with van der Waals surface area (Å²) in [6, 6.07) is 6.08. The molecule has 1 aromatic carbocycles. The molecule has 0 N–H and O–H groups in total. The molecule has 4 aliphatic heterocycles. The number of benzene rings is 1. The average molecular weight is 376 g/mol. The lowest BCUT2D eigenvalue weighted by molar-refractivity contribution is -0.138. The summed E-state index contributed by atoms with van der Waals surface area (Å²) in [5, 5.41) is 0. The largest absolute Gasteiger partial charge is 0.486 e. The molecule has 4 aliphatic rings. The highest BCUT2D eigenvalue weighted by Gasteiger charge is 2.39. The third-order valence-corrected chi connectivity index (χ3v) is 6.41. The van der Waals surface area contributed by atoms with Crippen LogP contribution >= 0.6 is 11.8 Å². The molecule has 0 aliphatic carbocycles. The van der Waals surface area contributed by atoms with Crippen molar-refractivity contribution in [2.75, 3.05) is 39.1 Å². The summed E-state index contributed by atoms with van der Waals surface area (Å²) in [5.74, 6) is 2.60. The second-order valence-corrected chi connectivity index (χ2v) is 8.25. The van der Waals surface area contributed by atoms with Crippen LogP contribution in [0.2, 0.25) is 0 Å². The van der Waals surface area contributed by atoms with Crippen LogP contribution in [0.5, 0.6) is 11.5 Å². The van der Waals surface area contributed by atoms with Crippen LogP contribution in [-0.2, 0) is 9.59 Å². The van der Waals surface area contributed by atoms with Gasteiger partial charge in [-0.3, -0.25) is 9.59 Å². The van der Waals surface area contributed by atoms with Crippen molar-refractivity contribution in [3.8, 4) is 11.5 Å². The van der Waals surface area contributed by atoms with Gasteiger partial charge in [-0.25, -0.2) is 0 Å². The Bertz CT molecular complexity index is 711. The lowest BCUT2D eigenvalue weighted by Gasteiger charge is -2.32. The van der Waals surface area contributed by atoms with Crippen LogP contribution in [0.25, 0.3) is 0 Å². The molecule has 0 aromatic heterocycles. The van der Waals surface area contributed by atoms with Crippen LogP contribution in [0, 0.1) is 5.92 Å². The number of carbonyl (C=O) groups is 2. The van der Waals surface area contributed by atoms with Gasteiger partial charge in [0, 0.05) is 43.2 Å². The number of fused-ring (bicyclic) bond motifs is 5. The van der Waals surface area contributed by atoms with Gasteiger partial charge in [-0.15, -0.1) is 11.8 Å². The molecule has 0 saturated carbocycles. The Morgan fingerprint density at radius 1 is 1.19 bits per heavy atom. The van der Waals surface area contributed by atoms with Gasteiger partial charge in [-0.1, -0.05) is 0 Å². The Morgan fingerprint density at radius 3 is 2.85 bits per heavy atom. The number of piperidine rings is 1. The normalized spacial score (nSPS) is 24.6. The van der Waals surface area contributed by atoms with Gasteiger partial charge in [0.2, 0.25) is 11.8 Å². The quantitative estimate of drug-likeness (QED) is 0.753. The van der Waals surface area contributed by atoms with E-state index in [4.69, 9.17) is 9.47 Å². The summed E-state index contributed by atoms with van der Waals surface area (Å²) in [7, 11) is 1.87. The number of amides is 2. The molecule has 2 amide bonds. The van der Waals surface area contributed by atoms with Crippen molar-refractivity contribution in [3.05, 3.63) is 18.2 Å². The van der Waals surface area contributed by atoms with E-state index < -0.39 is 0 Å². The number of nitrogens with zero attached hydrogens (tertiary/aromatic N) is 2. The zero-order chi connectivity index (χ0) is 18.1. The minimum Gasteiger partial charge on any atom is -0.486 e. The maximum atomic E-state index is 12.6. The molecule has 6 nitrogen and oxygen atoms in total. The molecule has 3 fully saturated rings. The molecule has 7 heteroatoms. The molecule has 1 aromatic rings. The second-order valence-electron chi connectivity index (χ2n) is 7.08. The molecular weight excluding hydrogens is 352 g/mol. The first-order valence-corrected chi connectivity index (χ1v) is 10.2.